The fourth-order valence-corrected chi connectivity index (χ4v) is 2.20. The Kier molecular flexibility index (Phi) is 4.44. The van der Waals surface area contributed by atoms with Crippen LogP contribution in [-0.2, 0) is 11.3 Å². The van der Waals surface area contributed by atoms with E-state index in [9.17, 15) is 13.6 Å². The highest BCUT2D eigenvalue weighted by Gasteiger charge is 2.20. The molecule has 6 heteroatoms. The van der Waals surface area contributed by atoms with Crippen molar-refractivity contribution in [1.29, 1.82) is 0 Å². The van der Waals surface area contributed by atoms with Crippen LogP contribution in [0.5, 0.6) is 0 Å². The normalized spacial score (nSPS) is 17.6. The summed E-state index contributed by atoms with van der Waals surface area (Å²) in [5, 5.41) is 8.69. The summed E-state index contributed by atoms with van der Waals surface area (Å²) in [6.45, 7) is 2.66. The molecular weight excluding hydrogens is 254 g/mol. The molecule has 0 amide bonds. The van der Waals surface area contributed by atoms with Gasteiger partial charge >= 0.3 is 5.97 Å². The molecule has 0 saturated carbocycles. The minimum absolute atomic E-state index is 0.0158. The summed E-state index contributed by atoms with van der Waals surface area (Å²) < 4.78 is 27.0. The Hall–Kier alpha value is -1.53. The predicted octanol–water partition coefficient (Wildman–Crippen LogP) is 1.17. The molecule has 1 N–H and O–H groups in total. The van der Waals surface area contributed by atoms with Gasteiger partial charge in [0.2, 0.25) is 0 Å². The molecule has 4 nitrogen and oxygen atoms in total. The smallest absolute Gasteiger partial charge is 0.317 e. The van der Waals surface area contributed by atoms with Crippen LogP contribution in [0.25, 0.3) is 0 Å². The average molecular weight is 270 g/mol. The fourth-order valence-electron chi connectivity index (χ4n) is 2.20. The lowest BCUT2D eigenvalue weighted by molar-refractivity contribution is -0.138. The van der Waals surface area contributed by atoms with E-state index in [2.05, 4.69) is 0 Å². The van der Waals surface area contributed by atoms with E-state index < -0.39 is 17.6 Å². The lowest BCUT2D eigenvalue weighted by Gasteiger charge is -2.33. The fraction of sp³-hybridized carbons (Fsp3) is 0.462. The van der Waals surface area contributed by atoms with Gasteiger partial charge in [0.15, 0.2) is 0 Å². The second-order valence-corrected chi connectivity index (χ2v) is 4.65. The highest BCUT2D eigenvalue weighted by atomic mass is 19.1. The third-order valence-corrected chi connectivity index (χ3v) is 3.27. The van der Waals surface area contributed by atoms with Crippen molar-refractivity contribution in [3.63, 3.8) is 0 Å². The van der Waals surface area contributed by atoms with E-state index in [0.29, 0.717) is 26.2 Å². The first-order valence-electron chi connectivity index (χ1n) is 6.15. The van der Waals surface area contributed by atoms with Crippen molar-refractivity contribution >= 4 is 5.97 Å². The van der Waals surface area contributed by atoms with Crippen LogP contribution < -0.4 is 0 Å². The zero-order valence-electron chi connectivity index (χ0n) is 10.5. The number of benzene rings is 1. The summed E-state index contributed by atoms with van der Waals surface area (Å²) in [6.07, 6.45) is 0. The maximum atomic E-state index is 13.5. The monoisotopic (exact) mass is 270 g/mol. The van der Waals surface area contributed by atoms with E-state index in [1.807, 2.05) is 9.80 Å². The molecule has 1 aliphatic heterocycles. The number of hydrogen-bond donors (Lipinski definition) is 1. The van der Waals surface area contributed by atoms with Gasteiger partial charge in [0.1, 0.15) is 11.6 Å². The number of halogens is 2. The number of aliphatic carboxylic acids is 1. The summed E-state index contributed by atoms with van der Waals surface area (Å²) in [6, 6.07) is 3.84. The first-order valence-corrected chi connectivity index (χ1v) is 6.15. The highest BCUT2D eigenvalue weighted by Crippen LogP contribution is 2.15. The van der Waals surface area contributed by atoms with Gasteiger partial charge in [-0.05, 0) is 12.1 Å². The second-order valence-electron chi connectivity index (χ2n) is 4.65. The molecule has 0 unspecified atom stereocenters. The Morgan fingerprint density at radius 3 is 2.16 bits per heavy atom. The lowest BCUT2D eigenvalue weighted by atomic mass is 10.1. The maximum Gasteiger partial charge on any atom is 0.317 e. The molecule has 1 fully saturated rings. The number of hydrogen-bond acceptors (Lipinski definition) is 3. The number of carboxylic acid groups (broad SMARTS) is 1. The zero-order valence-corrected chi connectivity index (χ0v) is 10.5. The molecule has 0 radical (unpaired) electrons. The molecule has 1 saturated heterocycles. The summed E-state index contributed by atoms with van der Waals surface area (Å²) >= 11 is 0. The van der Waals surface area contributed by atoms with Crippen LogP contribution in [0.2, 0.25) is 0 Å². The summed E-state index contributed by atoms with van der Waals surface area (Å²) in [5.74, 6) is -1.92. The van der Waals surface area contributed by atoms with Crippen molar-refractivity contribution in [2.75, 3.05) is 32.7 Å². The zero-order chi connectivity index (χ0) is 13.8. The lowest BCUT2D eigenvalue weighted by Crippen LogP contribution is -2.47. The van der Waals surface area contributed by atoms with Gasteiger partial charge in [-0.25, -0.2) is 8.78 Å². The van der Waals surface area contributed by atoms with E-state index in [1.165, 1.54) is 18.2 Å². The molecule has 0 aliphatic carbocycles. The van der Waals surface area contributed by atoms with Crippen molar-refractivity contribution in [3.8, 4) is 0 Å². The Morgan fingerprint density at radius 1 is 1.11 bits per heavy atom. The van der Waals surface area contributed by atoms with Crippen LogP contribution in [-0.4, -0.2) is 53.6 Å². The largest absolute Gasteiger partial charge is 0.480 e. The van der Waals surface area contributed by atoms with Gasteiger partial charge in [-0.3, -0.25) is 14.6 Å². The molecule has 2 rings (SSSR count). The highest BCUT2D eigenvalue weighted by molar-refractivity contribution is 5.69. The van der Waals surface area contributed by atoms with Crippen molar-refractivity contribution in [1.82, 2.24) is 9.80 Å². The average Bonchev–Trinajstić information content (AvgIpc) is 2.35. The summed E-state index contributed by atoms with van der Waals surface area (Å²) in [4.78, 5) is 14.3. The summed E-state index contributed by atoms with van der Waals surface area (Å²) in [7, 11) is 0. The Morgan fingerprint density at radius 2 is 1.63 bits per heavy atom. The molecule has 1 aromatic rings. The van der Waals surface area contributed by atoms with Crippen molar-refractivity contribution in [3.05, 3.63) is 35.4 Å². The van der Waals surface area contributed by atoms with E-state index >= 15 is 0 Å². The van der Waals surface area contributed by atoms with E-state index in [1.54, 1.807) is 0 Å². The van der Waals surface area contributed by atoms with Crippen molar-refractivity contribution < 1.29 is 18.7 Å². The molecule has 0 aromatic heterocycles. The number of rotatable bonds is 4. The van der Waals surface area contributed by atoms with Crippen molar-refractivity contribution in [2.24, 2.45) is 0 Å². The SMILES string of the molecule is O=C(O)CN1CCN(Cc2c(F)cccc2F)CC1. The van der Waals surface area contributed by atoms with Gasteiger partial charge in [-0.1, -0.05) is 6.07 Å². The van der Waals surface area contributed by atoms with Crippen LogP contribution >= 0.6 is 0 Å². The quantitative estimate of drug-likeness (QED) is 0.892. The summed E-state index contributed by atoms with van der Waals surface area (Å²) in [5.41, 5.74) is 0.0779. The van der Waals surface area contributed by atoms with Gasteiger partial charge in [0.25, 0.3) is 0 Å². The molecule has 19 heavy (non-hydrogen) atoms. The van der Waals surface area contributed by atoms with E-state index in [0.717, 1.165) is 0 Å². The minimum atomic E-state index is -0.853. The first kappa shape index (κ1) is 13.9. The Balaban J connectivity index is 1.91. The van der Waals surface area contributed by atoms with Crippen molar-refractivity contribution in [2.45, 2.75) is 6.54 Å². The number of carboxylic acids is 1. The number of carbonyl (C=O) groups is 1. The maximum absolute atomic E-state index is 13.5. The first-order chi connectivity index (χ1) is 9.06. The third kappa shape index (κ3) is 3.71. The van der Waals surface area contributed by atoms with Gasteiger partial charge in [-0.15, -0.1) is 0 Å². The number of piperazine rings is 1. The van der Waals surface area contributed by atoms with Crippen LogP contribution in [0.3, 0.4) is 0 Å². The Bertz CT molecular complexity index is 440. The molecule has 1 aromatic carbocycles. The van der Waals surface area contributed by atoms with Gasteiger partial charge in [-0.2, -0.15) is 0 Å². The van der Waals surface area contributed by atoms with Crippen LogP contribution in [0, 0.1) is 11.6 Å². The van der Waals surface area contributed by atoms with Crippen LogP contribution in [0.1, 0.15) is 5.56 Å². The van der Waals surface area contributed by atoms with Crippen LogP contribution in [0.15, 0.2) is 18.2 Å². The van der Waals surface area contributed by atoms with Gasteiger partial charge in [0.05, 0.1) is 6.54 Å². The van der Waals surface area contributed by atoms with Crippen LogP contribution in [0.4, 0.5) is 8.78 Å². The van der Waals surface area contributed by atoms with Gasteiger partial charge < -0.3 is 5.11 Å². The number of nitrogens with zero attached hydrogens (tertiary/aromatic N) is 2. The molecule has 1 aliphatic rings. The topological polar surface area (TPSA) is 43.8 Å². The van der Waals surface area contributed by atoms with E-state index in [4.69, 9.17) is 5.11 Å². The Labute approximate surface area is 110 Å². The second kappa shape index (κ2) is 6.08. The molecule has 0 bridgehead atoms. The molecule has 1 heterocycles. The third-order valence-electron chi connectivity index (χ3n) is 3.27. The predicted molar refractivity (Wildman–Crippen MR) is 65.7 cm³/mol. The standard InChI is InChI=1S/C13H16F2N2O2/c14-11-2-1-3-12(15)10(11)8-16-4-6-17(7-5-16)9-13(18)19/h1-3H,4-9H2,(H,18,19). The molecular formula is C13H16F2N2O2. The minimum Gasteiger partial charge on any atom is -0.480 e. The van der Waals surface area contributed by atoms with E-state index in [-0.39, 0.29) is 18.7 Å². The molecule has 104 valence electrons. The van der Waals surface area contributed by atoms with Gasteiger partial charge in [0, 0.05) is 38.3 Å². The molecule has 0 spiro atoms. The molecule has 0 atom stereocenters.